The van der Waals surface area contributed by atoms with Gasteiger partial charge in [0.15, 0.2) is 5.82 Å². The molecule has 0 radical (unpaired) electrons. The molecule has 2 aliphatic rings. The van der Waals surface area contributed by atoms with Gasteiger partial charge in [0, 0.05) is 53.7 Å². The van der Waals surface area contributed by atoms with Gasteiger partial charge in [0.05, 0.1) is 12.2 Å². The zero-order chi connectivity index (χ0) is 23.1. The van der Waals surface area contributed by atoms with Crippen LogP contribution in [0.1, 0.15) is 18.5 Å². The topological polar surface area (TPSA) is 53.7 Å². The van der Waals surface area contributed by atoms with Crippen LogP contribution in [0.15, 0.2) is 59.7 Å². The summed E-state index contributed by atoms with van der Waals surface area (Å²) in [6.07, 6.45) is 1.68. The molecule has 1 fully saturated rings. The summed E-state index contributed by atoms with van der Waals surface area (Å²) in [5.41, 5.74) is 2.46. The Morgan fingerprint density at radius 2 is 1.76 bits per heavy atom. The third-order valence-electron chi connectivity index (χ3n) is 6.30. The lowest BCUT2D eigenvalue weighted by Gasteiger charge is -2.40. The first-order valence-corrected chi connectivity index (χ1v) is 11.5. The van der Waals surface area contributed by atoms with Crippen molar-refractivity contribution in [3.63, 3.8) is 0 Å². The molecule has 0 saturated carbocycles. The fraction of sp³-hybridized carbons (Fsp3) is 0.292. The minimum absolute atomic E-state index is 0.00725. The normalized spacial score (nSPS) is 20.4. The van der Waals surface area contributed by atoms with Gasteiger partial charge in [0.2, 0.25) is 5.91 Å². The Balaban J connectivity index is 1.42. The number of anilines is 1. The molecule has 1 aromatic heterocycles. The van der Waals surface area contributed by atoms with Gasteiger partial charge in [-0.1, -0.05) is 29.3 Å². The number of aliphatic imine (C=N–C) groups is 1. The van der Waals surface area contributed by atoms with E-state index in [1.807, 2.05) is 24.0 Å². The highest BCUT2D eigenvalue weighted by Crippen LogP contribution is 2.40. The predicted molar refractivity (Wildman–Crippen MR) is 128 cm³/mol. The first-order valence-electron chi connectivity index (χ1n) is 10.8. The molecule has 1 saturated heterocycles. The van der Waals surface area contributed by atoms with Crippen LogP contribution in [0.4, 0.5) is 15.9 Å². The van der Waals surface area contributed by atoms with Gasteiger partial charge in [-0.05, 0) is 48.9 Å². The van der Waals surface area contributed by atoms with Gasteiger partial charge in [-0.15, -0.1) is 0 Å². The van der Waals surface area contributed by atoms with E-state index in [0.717, 1.165) is 17.0 Å². The lowest BCUT2D eigenvalue weighted by Crippen LogP contribution is -2.53. The summed E-state index contributed by atoms with van der Waals surface area (Å²) in [5, 5.41) is 5.48. The van der Waals surface area contributed by atoms with Crippen molar-refractivity contribution in [2.75, 3.05) is 31.1 Å². The van der Waals surface area contributed by atoms with Gasteiger partial charge in [-0.25, -0.2) is 14.1 Å². The fourth-order valence-electron chi connectivity index (χ4n) is 4.63. The molecular formula is C24H22Cl2FN5O. The lowest BCUT2D eigenvalue weighted by molar-refractivity contribution is -0.134. The van der Waals surface area contributed by atoms with Crippen molar-refractivity contribution in [1.29, 1.82) is 0 Å². The van der Waals surface area contributed by atoms with Crippen LogP contribution in [0.25, 0.3) is 0 Å². The molecule has 2 aromatic carbocycles. The smallest absolute Gasteiger partial charge is 0.234 e. The number of carbonyl (C=O) groups is 1. The maximum atomic E-state index is 13.8. The molecule has 6 nitrogen and oxygen atoms in total. The average molecular weight is 486 g/mol. The van der Waals surface area contributed by atoms with Crippen molar-refractivity contribution in [1.82, 2.24) is 14.7 Å². The van der Waals surface area contributed by atoms with Gasteiger partial charge in [-0.3, -0.25) is 4.79 Å². The molecule has 2 atom stereocenters. The SMILES string of the molecule is CC1=Nc2ccnn2C(c2ccc(Cl)cc2Cl)C1C(=O)N1CCN(c2ccc(F)cc2)CC1. The summed E-state index contributed by atoms with van der Waals surface area (Å²) in [5.74, 6) is -0.112. The number of halogens is 3. The third-order valence-corrected chi connectivity index (χ3v) is 6.86. The monoisotopic (exact) mass is 485 g/mol. The molecule has 0 bridgehead atoms. The molecule has 3 heterocycles. The number of aromatic nitrogens is 2. The van der Waals surface area contributed by atoms with E-state index in [4.69, 9.17) is 23.2 Å². The summed E-state index contributed by atoms with van der Waals surface area (Å²) in [6, 6.07) is 13.2. The Bertz CT molecular complexity index is 1220. The molecule has 170 valence electrons. The zero-order valence-electron chi connectivity index (χ0n) is 18.0. The standard InChI is InChI=1S/C24H22Cl2FN5O/c1-15-22(24(33)31-12-10-30(11-13-31)18-5-3-17(27)4-6-18)23(32-21(29-15)8-9-28-32)19-7-2-16(25)14-20(19)26/h2-9,14,22-23H,10-13H2,1H3. The van der Waals surface area contributed by atoms with Crippen LogP contribution in [0, 0.1) is 11.7 Å². The summed E-state index contributed by atoms with van der Waals surface area (Å²) >= 11 is 12.7. The third kappa shape index (κ3) is 4.11. The van der Waals surface area contributed by atoms with E-state index in [0.29, 0.717) is 42.0 Å². The van der Waals surface area contributed by atoms with Gasteiger partial charge < -0.3 is 9.80 Å². The van der Waals surface area contributed by atoms with Crippen molar-refractivity contribution >= 4 is 46.3 Å². The Hall–Kier alpha value is -2.90. The van der Waals surface area contributed by atoms with Gasteiger partial charge in [0.1, 0.15) is 11.7 Å². The first-order chi connectivity index (χ1) is 15.9. The molecule has 0 aliphatic carbocycles. The largest absolute Gasteiger partial charge is 0.368 e. The molecule has 0 N–H and O–H groups in total. The van der Waals surface area contributed by atoms with E-state index in [2.05, 4.69) is 15.0 Å². The number of hydrogen-bond donors (Lipinski definition) is 0. The van der Waals surface area contributed by atoms with E-state index in [-0.39, 0.29) is 11.7 Å². The molecule has 9 heteroatoms. The van der Waals surface area contributed by atoms with Crippen LogP contribution in [-0.4, -0.2) is 52.5 Å². The fourth-order valence-corrected chi connectivity index (χ4v) is 5.15. The van der Waals surface area contributed by atoms with Crippen molar-refractivity contribution in [3.05, 3.63) is 76.2 Å². The minimum Gasteiger partial charge on any atom is -0.368 e. The summed E-state index contributed by atoms with van der Waals surface area (Å²) in [6.45, 7) is 4.34. The van der Waals surface area contributed by atoms with Crippen molar-refractivity contribution in [2.24, 2.45) is 10.9 Å². The average Bonchev–Trinajstić information content (AvgIpc) is 3.27. The van der Waals surface area contributed by atoms with Crippen molar-refractivity contribution in [2.45, 2.75) is 13.0 Å². The zero-order valence-corrected chi connectivity index (χ0v) is 19.5. The predicted octanol–water partition coefficient (Wildman–Crippen LogP) is 4.99. The van der Waals surface area contributed by atoms with Crippen molar-refractivity contribution < 1.29 is 9.18 Å². The van der Waals surface area contributed by atoms with E-state index in [1.165, 1.54) is 12.1 Å². The molecule has 5 rings (SSSR count). The number of nitrogens with zero attached hydrogens (tertiary/aromatic N) is 5. The number of hydrogen-bond acceptors (Lipinski definition) is 4. The molecular weight excluding hydrogens is 464 g/mol. The Kier molecular flexibility index (Phi) is 5.85. The van der Waals surface area contributed by atoms with Crippen LogP contribution in [0.5, 0.6) is 0 Å². The number of rotatable bonds is 3. The van der Waals surface area contributed by atoms with Crippen LogP contribution in [0.3, 0.4) is 0 Å². The molecule has 3 aromatic rings. The van der Waals surface area contributed by atoms with Crippen molar-refractivity contribution in [3.8, 4) is 0 Å². The number of benzene rings is 2. The van der Waals surface area contributed by atoms with Gasteiger partial charge in [0.25, 0.3) is 0 Å². The second kappa shape index (κ2) is 8.80. The Morgan fingerprint density at radius 1 is 1.03 bits per heavy atom. The highest BCUT2D eigenvalue weighted by Gasteiger charge is 2.41. The van der Waals surface area contributed by atoms with E-state index in [1.54, 1.807) is 35.1 Å². The first kappa shape index (κ1) is 21.9. The Labute approximate surface area is 201 Å². The van der Waals surface area contributed by atoms with Crippen LogP contribution in [0.2, 0.25) is 10.0 Å². The number of carbonyl (C=O) groups excluding carboxylic acids is 1. The summed E-state index contributed by atoms with van der Waals surface area (Å²) in [4.78, 5) is 22.5. The number of amides is 1. The maximum Gasteiger partial charge on any atom is 0.234 e. The van der Waals surface area contributed by atoms with E-state index >= 15 is 0 Å². The highest BCUT2D eigenvalue weighted by molar-refractivity contribution is 6.35. The lowest BCUT2D eigenvalue weighted by atomic mass is 9.86. The number of piperazine rings is 1. The van der Waals surface area contributed by atoms with Crippen LogP contribution < -0.4 is 4.90 Å². The Morgan fingerprint density at radius 3 is 2.45 bits per heavy atom. The quantitative estimate of drug-likeness (QED) is 0.524. The molecule has 33 heavy (non-hydrogen) atoms. The second-order valence-corrected chi connectivity index (χ2v) is 9.11. The highest BCUT2D eigenvalue weighted by atomic mass is 35.5. The van der Waals surface area contributed by atoms with E-state index in [9.17, 15) is 9.18 Å². The molecule has 2 unspecified atom stereocenters. The molecule has 0 spiro atoms. The molecule has 1 amide bonds. The summed E-state index contributed by atoms with van der Waals surface area (Å²) in [7, 11) is 0. The van der Waals surface area contributed by atoms with Gasteiger partial charge >= 0.3 is 0 Å². The van der Waals surface area contributed by atoms with Gasteiger partial charge in [-0.2, -0.15) is 5.10 Å². The molecule has 2 aliphatic heterocycles. The van der Waals surface area contributed by atoms with Crippen LogP contribution >= 0.6 is 23.2 Å². The summed E-state index contributed by atoms with van der Waals surface area (Å²) < 4.78 is 15.0. The second-order valence-electron chi connectivity index (χ2n) is 8.26. The van der Waals surface area contributed by atoms with E-state index < -0.39 is 12.0 Å². The minimum atomic E-state index is -0.534. The number of fused-ring (bicyclic) bond motifs is 1. The van der Waals surface area contributed by atoms with Crippen LogP contribution in [-0.2, 0) is 4.79 Å². The maximum absolute atomic E-state index is 13.8.